The number of likely N-dealkylation sites (tertiary alicyclic amines) is 1. The molecule has 4 rings (SSSR count). The van der Waals surface area contributed by atoms with Crippen LogP contribution in [0.3, 0.4) is 0 Å². The van der Waals surface area contributed by atoms with Crippen LogP contribution in [0.2, 0.25) is 0 Å². The number of carbonyl (C=O) groups excluding carboxylic acids is 1. The molecule has 1 saturated carbocycles. The molecule has 2 aliphatic heterocycles. The lowest BCUT2D eigenvalue weighted by atomic mass is 9.98. The SMILES string of the molecule is CCNC(=NCC(O)COCC1CC1)N1CC(CCN2CCCC2=O)c2ccccc21.I. The molecule has 1 aliphatic carbocycles. The van der Waals surface area contributed by atoms with Gasteiger partial charge in [-0.1, -0.05) is 18.2 Å². The number of guanidine groups is 1. The fraction of sp³-hybridized carbons (Fsp3) is 0.667. The van der Waals surface area contributed by atoms with Gasteiger partial charge in [-0.3, -0.25) is 9.79 Å². The molecule has 1 aromatic rings. The van der Waals surface area contributed by atoms with E-state index in [1.54, 1.807) is 0 Å². The fourth-order valence-corrected chi connectivity index (χ4v) is 4.49. The minimum absolute atomic E-state index is 0. The minimum atomic E-state index is -0.595. The van der Waals surface area contributed by atoms with Crippen LogP contribution in [-0.4, -0.2) is 73.9 Å². The zero-order valence-corrected chi connectivity index (χ0v) is 21.4. The number of nitrogens with one attached hydrogen (secondary N) is 1. The van der Waals surface area contributed by atoms with Gasteiger partial charge in [-0.2, -0.15) is 0 Å². The Morgan fingerprint density at radius 3 is 2.88 bits per heavy atom. The van der Waals surface area contributed by atoms with E-state index in [1.807, 2.05) is 4.90 Å². The van der Waals surface area contributed by atoms with Crippen molar-refractivity contribution in [1.82, 2.24) is 10.2 Å². The molecule has 1 aromatic carbocycles. The summed E-state index contributed by atoms with van der Waals surface area (Å²) in [5, 5.41) is 13.7. The van der Waals surface area contributed by atoms with E-state index in [9.17, 15) is 9.90 Å². The highest BCUT2D eigenvalue weighted by atomic mass is 127. The van der Waals surface area contributed by atoms with E-state index in [2.05, 4.69) is 41.4 Å². The van der Waals surface area contributed by atoms with E-state index in [-0.39, 0.29) is 29.9 Å². The first-order valence-electron chi connectivity index (χ1n) is 11.8. The molecule has 2 unspecified atom stereocenters. The number of fused-ring (bicyclic) bond motifs is 1. The number of anilines is 1. The van der Waals surface area contributed by atoms with Gasteiger partial charge >= 0.3 is 0 Å². The van der Waals surface area contributed by atoms with Gasteiger partial charge in [-0.05, 0) is 50.2 Å². The summed E-state index contributed by atoms with van der Waals surface area (Å²) in [6.07, 6.45) is 4.53. The molecule has 2 heterocycles. The second kappa shape index (κ2) is 12.2. The van der Waals surface area contributed by atoms with Crippen LogP contribution in [-0.2, 0) is 9.53 Å². The highest BCUT2D eigenvalue weighted by Gasteiger charge is 2.32. The Morgan fingerprint density at radius 1 is 1.34 bits per heavy atom. The maximum atomic E-state index is 12.0. The Kier molecular flexibility index (Phi) is 9.61. The van der Waals surface area contributed by atoms with Crippen LogP contribution in [0.5, 0.6) is 0 Å². The van der Waals surface area contributed by atoms with Crippen molar-refractivity contribution in [2.45, 2.75) is 51.0 Å². The Labute approximate surface area is 208 Å². The summed E-state index contributed by atoms with van der Waals surface area (Å²) in [4.78, 5) is 21.0. The average Bonchev–Trinajstić information content (AvgIpc) is 3.40. The summed E-state index contributed by atoms with van der Waals surface area (Å²) in [5.74, 6) is 2.15. The molecule has 8 heteroatoms. The first kappa shape index (κ1) is 25.2. The molecular formula is C24H37IN4O3. The maximum Gasteiger partial charge on any atom is 0.222 e. The summed E-state index contributed by atoms with van der Waals surface area (Å²) in [7, 11) is 0. The van der Waals surface area contributed by atoms with Crippen molar-refractivity contribution < 1.29 is 14.6 Å². The normalized spacial score (nSPS) is 21.5. The third kappa shape index (κ3) is 6.57. The molecule has 0 aromatic heterocycles. The molecule has 1 amide bonds. The van der Waals surface area contributed by atoms with Crippen LogP contribution in [0.15, 0.2) is 29.3 Å². The topological polar surface area (TPSA) is 77.4 Å². The van der Waals surface area contributed by atoms with Crippen molar-refractivity contribution in [3.05, 3.63) is 29.8 Å². The number of hydrogen-bond donors (Lipinski definition) is 2. The number of halogens is 1. The highest BCUT2D eigenvalue weighted by Crippen LogP contribution is 2.38. The van der Waals surface area contributed by atoms with Gasteiger partial charge in [0.05, 0.1) is 19.3 Å². The quantitative estimate of drug-likeness (QED) is 0.263. The van der Waals surface area contributed by atoms with E-state index in [0.717, 1.165) is 51.6 Å². The van der Waals surface area contributed by atoms with Gasteiger partial charge < -0.3 is 25.0 Å². The second-order valence-electron chi connectivity index (χ2n) is 8.97. The van der Waals surface area contributed by atoms with E-state index in [4.69, 9.17) is 9.73 Å². The number of ether oxygens (including phenoxy) is 1. The van der Waals surface area contributed by atoms with Crippen molar-refractivity contribution in [3.63, 3.8) is 0 Å². The van der Waals surface area contributed by atoms with Crippen LogP contribution in [0.25, 0.3) is 0 Å². The Balaban J connectivity index is 0.00000289. The van der Waals surface area contributed by atoms with E-state index >= 15 is 0 Å². The Hall–Kier alpha value is -1.39. The first-order chi connectivity index (χ1) is 15.2. The van der Waals surface area contributed by atoms with E-state index in [1.165, 1.54) is 24.1 Å². The Bertz CT molecular complexity index is 786. The molecule has 0 radical (unpaired) electrons. The van der Waals surface area contributed by atoms with E-state index in [0.29, 0.717) is 31.4 Å². The monoisotopic (exact) mass is 556 g/mol. The summed E-state index contributed by atoms with van der Waals surface area (Å²) in [5.41, 5.74) is 2.48. The van der Waals surface area contributed by atoms with Crippen LogP contribution in [0.1, 0.15) is 50.5 Å². The van der Waals surface area contributed by atoms with Crippen molar-refractivity contribution in [3.8, 4) is 0 Å². The molecule has 0 spiro atoms. The number of aliphatic imine (C=N–C) groups is 1. The van der Waals surface area contributed by atoms with Crippen LogP contribution in [0.4, 0.5) is 5.69 Å². The lowest BCUT2D eigenvalue weighted by molar-refractivity contribution is -0.127. The zero-order chi connectivity index (χ0) is 21.6. The van der Waals surface area contributed by atoms with Gasteiger partial charge in [0.2, 0.25) is 5.91 Å². The molecular weight excluding hydrogens is 519 g/mol. The van der Waals surface area contributed by atoms with Gasteiger partial charge in [0.15, 0.2) is 5.96 Å². The average molecular weight is 556 g/mol. The molecule has 2 atom stereocenters. The predicted molar refractivity (Wildman–Crippen MR) is 138 cm³/mol. The number of para-hydroxylation sites is 1. The number of aliphatic hydroxyl groups excluding tert-OH is 1. The molecule has 32 heavy (non-hydrogen) atoms. The third-order valence-electron chi connectivity index (χ3n) is 6.39. The van der Waals surface area contributed by atoms with Crippen LogP contribution < -0.4 is 10.2 Å². The van der Waals surface area contributed by atoms with Gasteiger partial charge in [-0.25, -0.2) is 0 Å². The number of amides is 1. The zero-order valence-electron chi connectivity index (χ0n) is 19.0. The maximum absolute atomic E-state index is 12.0. The smallest absolute Gasteiger partial charge is 0.222 e. The van der Waals surface area contributed by atoms with Gasteiger partial charge in [-0.15, -0.1) is 24.0 Å². The summed E-state index contributed by atoms with van der Waals surface area (Å²) in [6.45, 7) is 6.77. The largest absolute Gasteiger partial charge is 0.389 e. The standard InChI is InChI=1S/C24H36N4O3.HI/c1-2-25-24(26-14-20(29)17-31-16-18-9-10-18)28-15-19(21-6-3-4-7-22(21)28)11-13-27-12-5-8-23(27)30;/h3-4,6-7,18-20,29H,2,5,8-17H2,1H3,(H,25,26);1H. The van der Waals surface area contributed by atoms with Crippen molar-refractivity contribution in [1.29, 1.82) is 0 Å². The van der Waals surface area contributed by atoms with Gasteiger partial charge in [0.1, 0.15) is 0 Å². The fourth-order valence-electron chi connectivity index (χ4n) is 4.49. The number of nitrogens with zero attached hydrogens (tertiary/aromatic N) is 3. The Morgan fingerprint density at radius 2 is 2.16 bits per heavy atom. The molecule has 2 N–H and O–H groups in total. The molecule has 2 fully saturated rings. The number of hydrogen-bond acceptors (Lipinski definition) is 4. The highest BCUT2D eigenvalue weighted by molar-refractivity contribution is 14.0. The summed E-state index contributed by atoms with van der Waals surface area (Å²) < 4.78 is 5.61. The number of rotatable bonds is 10. The first-order valence-corrected chi connectivity index (χ1v) is 11.8. The van der Waals surface area contributed by atoms with Crippen molar-refractivity contribution in [2.24, 2.45) is 10.9 Å². The van der Waals surface area contributed by atoms with Crippen LogP contribution >= 0.6 is 24.0 Å². The lowest BCUT2D eigenvalue weighted by Crippen LogP contribution is -2.42. The van der Waals surface area contributed by atoms with Crippen molar-refractivity contribution >= 4 is 41.5 Å². The molecule has 178 valence electrons. The van der Waals surface area contributed by atoms with Gasteiger partial charge in [0.25, 0.3) is 0 Å². The molecule has 0 bridgehead atoms. The van der Waals surface area contributed by atoms with E-state index < -0.39 is 6.10 Å². The summed E-state index contributed by atoms with van der Waals surface area (Å²) >= 11 is 0. The molecule has 1 saturated heterocycles. The minimum Gasteiger partial charge on any atom is -0.389 e. The van der Waals surface area contributed by atoms with Gasteiger partial charge in [0, 0.05) is 50.8 Å². The summed E-state index contributed by atoms with van der Waals surface area (Å²) in [6, 6.07) is 8.47. The number of benzene rings is 1. The number of carbonyl (C=O) groups is 1. The van der Waals surface area contributed by atoms with Crippen molar-refractivity contribution in [2.75, 3.05) is 50.8 Å². The second-order valence-corrected chi connectivity index (χ2v) is 8.97. The number of aliphatic hydroxyl groups is 1. The molecule has 3 aliphatic rings. The third-order valence-corrected chi connectivity index (χ3v) is 6.39. The predicted octanol–water partition coefficient (Wildman–Crippen LogP) is 2.97. The lowest BCUT2D eigenvalue weighted by Gasteiger charge is -2.24. The molecule has 7 nitrogen and oxygen atoms in total. The van der Waals surface area contributed by atoms with Crippen LogP contribution in [0, 0.1) is 5.92 Å².